The molecular formula is C19H22N2. The average Bonchev–Trinajstić information content (AvgIpc) is 2.52. The van der Waals surface area contributed by atoms with Crippen LogP contribution in [0.2, 0.25) is 0 Å². The van der Waals surface area contributed by atoms with Gasteiger partial charge in [0, 0.05) is 30.8 Å². The van der Waals surface area contributed by atoms with E-state index in [4.69, 9.17) is 4.99 Å². The van der Waals surface area contributed by atoms with Crippen molar-refractivity contribution in [3.63, 3.8) is 0 Å². The van der Waals surface area contributed by atoms with Crippen LogP contribution in [0.3, 0.4) is 0 Å². The van der Waals surface area contributed by atoms with Gasteiger partial charge < -0.3 is 4.90 Å². The number of hydrogen-bond acceptors (Lipinski definition) is 2. The van der Waals surface area contributed by atoms with Crippen LogP contribution < -0.4 is 4.90 Å². The number of para-hydroxylation sites is 2. The minimum Gasteiger partial charge on any atom is -0.373 e. The van der Waals surface area contributed by atoms with Crippen molar-refractivity contribution in [3.8, 4) is 0 Å². The summed E-state index contributed by atoms with van der Waals surface area (Å²) in [6, 6.07) is 18.9. The van der Waals surface area contributed by atoms with Crippen LogP contribution in [0.5, 0.6) is 0 Å². The Hall–Kier alpha value is -2.09. The Kier molecular flexibility index (Phi) is 4.05. The maximum absolute atomic E-state index is 4.98. The molecule has 0 saturated heterocycles. The highest BCUT2D eigenvalue weighted by Gasteiger charge is 2.27. The second kappa shape index (κ2) is 6.13. The third kappa shape index (κ3) is 2.85. The molecule has 1 heterocycles. The largest absolute Gasteiger partial charge is 0.373 e. The molecule has 0 spiro atoms. The Morgan fingerprint density at radius 2 is 1.76 bits per heavy atom. The fourth-order valence-corrected chi connectivity index (χ4v) is 3.13. The van der Waals surface area contributed by atoms with Gasteiger partial charge in [0.2, 0.25) is 0 Å². The molecule has 1 unspecified atom stereocenters. The van der Waals surface area contributed by atoms with Crippen LogP contribution in [0, 0.1) is 5.92 Å². The van der Waals surface area contributed by atoms with Gasteiger partial charge in [0.15, 0.2) is 0 Å². The van der Waals surface area contributed by atoms with E-state index in [-0.39, 0.29) is 0 Å². The first-order valence-corrected chi connectivity index (χ1v) is 7.73. The summed E-state index contributed by atoms with van der Waals surface area (Å²) in [5, 5.41) is 0. The molecule has 2 aromatic carbocycles. The molecule has 0 amide bonds. The molecule has 2 heteroatoms. The molecule has 0 aromatic heterocycles. The zero-order chi connectivity index (χ0) is 14.7. The Labute approximate surface area is 127 Å². The molecule has 2 nitrogen and oxygen atoms in total. The normalized spacial score (nSPS) is 19.6. The van der Waals surface area contributed by atoms with Crippen molar-refractivity contribution in [2.24, 2.45) is 10.9 Å². The molecule has 0 saturated carbocycles. The molecule has 0 N–H and O–H groups in total. The molecule has 3 rings (SSSR count). The van der Waals surface area contributed by atoms with Crippen molar-refractivity contribution in [3.05, 3.63) is 60.2 Å². The highest BCUT2D eigenvalue weighted by molar-refractivity contribution is 6.09. The summed E-state index contributed by atoms with van der Waals surface area (Å²) in [6.45, 7) is 3.30. The zero-order valence-corrected chi connectivity index (χ0v) is 12.8. The zero-order valence-electron chi connectivity index (χ0n) is 12.8. The lowest BCUT2D eigenvalue weighted by Crippen LogP contribution is -2.37. The van der Waals surface area contributed by atoms with Crippen LogP contribution in [-0.4, -0.2) is 19.3 Å². The van der Waals surface area contributed by atoms with Gasteiger partial charge in [-0.2, -0.15) is 0 Å². The summed E-state index contributed by atoms with van der Waals surface area (Å²) in [7, 11) is 2.18. The van der Waals surface area contributed by atoms with E-state index < -0.39 is 0 Å². The molecular weight excluding hydrogens is 256 g/mol. The second-order valence-corrected chi connectivity index (χ2v) is 5.72. The number of benzene rings is 2. The van der Waals surface area contributed by atoms with Crippen molar-refractivity contribution in [1.29, 1.82) is 0 Å². The van der Waals surface area contributed by atoms with E-state index in [2.05, 4.69) is 67.4 Å². The maximum Gasteiger partial charge on any atom is 0.0633 e. The average molecular weight is 278 g/mol. The number of aliphatic imine (C=N–C) groups is 1. The van der Waals surface area contributed by atoms with Gasteiger partial charge in [0.1, 0.15) is 0 Å². The second-order valence-electron chi connectivity index (χ2n) is 5.72. The van der Waals surface area contributed by atoms with E-state index in [0.717, 1.165) is 12.2 Å². The third-order valence-corrected chi connectivity index (χ3v) is 4.12. The first-order chi connectivity index (χ1) is 10.3. The number of hydrogen-bond donors (Lipinski definition) is 0. The smallest absolute Gasteiger partial charge is 0.0633 e. The summed E-state index contributed by atoms with van der Waals surface area (Å²) in [4.78, 5) is 7.34. The van der Waals surface area contributed by atoms with E-state index in [9.17, 15) is 0 Å². The van der Waals surface area contributed by atoms with E-state index in [1.807, 2.05) is 6.07 Å². The third-order valence-electron chi connectivity index (χ3n) is 4.12. The Balaban J connectivity index is 2.09. The van der Waals surface area contributed by atoms with Crippen LogP contribution in [-0.2, 0) is 0 Å². The van der Waals surface area contributed by atoms with Crippen LogP contribution in [0.15, 0.2) is 59.6 Å². The first kappa shape index (κ1) is 13.9. The number of nitrogens with zero attached hydrogens (tertiary/aromatic N) is 2. The molecule has 0 bridgehead atoms. The minimum atomic E-state index is 0.509. The van der Waals surface area contributed by atoms with Crippen molar-refractivity contribution < 1.29 is 0 Å². The molecule has 0 aliphatic carbocycles. The van der Waals surface area contributed by atoms with Gasteiger partial charge in [0.25, 0.3) is 0 Å². The van der Waals surface area contributed by atoms with E-state index >= 15 is 0 Å². The monoisotopic (exact) mass is 278 g/mol. The standard InChI is InChI=1S/C19H22N2/c1-3-9-15-14-21(2)18-13-8-7-12-17(18)19(15)20-16-10-5-4-6-11-16/h4-8,10-13,15H,3,9,14H2,1-2H3. The SMILES string of the molecule is CCCC1CN(C)c2ccccc2C1=Nc1ccccc1. The summed E-state index contributed by atoms with van der Waals surface area (Å²) >= 11 is 0. The van der Waals surface area contributed by atoms with Crippen LogP contribution in [0.4, 0.5) is 11.4 Å². The van der Waals surface area contributed by atoms with Crippen molar-refractivity contribution in [2.75, 3.05) is 18.5 Å². The number of fused-ring (bicyclic) bond motifs is 1. The number of rotatable bonds is 3. The van der Waals surface area contributed by atoms with Gasteiger partial charge in [0.05, 0.1) is 11.4 Å². The molecule has 0 fully saturated rings. The predicted octanol–water partition coefficient (Wildman–Crippen LogP) is 4.67. The summed E-state index contributed by atoms with van der Waals surface area (Å²) in [6.07, 6.45) is 2.37. The van der Waals surface area contributed by atoms with Gasteiger partial charge in [-0.25, -0.2) is 0 Å². The topological polar surface area (TPSA) is 15.6 Å². The molecule has 1 atom stereocenters. The molecule has 1 aliphatic rings. The van der Waals surface area contributed by atoms with Gasteiger partial charge in [-0.15, -0.1) is 0 Å². The first-order valence-electron chi connectivity index (χ1n) is 7.73. The lowest BCUT2D eigenvalue weighted by molar-refractivity contribution is 0.597. The van der Waals surface area contributed by atoms with Crippen LogP contribution >= 0.6 is 0 Å². The van der Waals surface area contributed by atoms with E-state index in [1.54, 1.807) is 0 Å². The van der Waals surface area contributed by atoms with Crippen molar-refractivity contribution in [1.82, 2.24) is 0 Å². The Bertz CT molecular complexity index is 631. The highest BCUT2D eigenvalue weighted by atomic mass is 15.1. The molecule has 21 heavy (non-hydrogen) atoms. The summed E-state index contributed by atoms with van der Waals surface area (Å²) in [5.74, 6) is 0.509. The van der Waals surface area contributed by atoms with E-state index in [0.29, 0.717) is 5.92 Å². The molecule has 2 aromatic rings. The quantitative estimate of drug-likeness (QED) is 0.796. The molecule has 0 radical (unpaired) electrons. The number of anilines is 1. The van der Waals surface area contributed by atoms with Crippen LogP contribution in [0.1, 0.15) is 25.3 Å². The lowest BCUT2D eigenvalue weighted by atomic mass is 9.87. The highest BCUT2D eigenvalue weighted by Crippen LogP contribution is 2.32. The minimum absolute atomic E-state index is 0.509. The summed E-state index contributed by atoms with van der Waals surface area (Å²) < 4.78 is 0. The Morgan fingerprint density at radius 1 is 1.05 bits per heavy atom. The van der Waals surface area contributed by atoms with Crippen molar-refractivity contribution in [2.45, 2.75) is 19.8 Å². The fourth-order valence-electron chi connectivity index (χ4n) is 3.13. The van der Waals surface area contributed by atoms with E-state index in [1.165, 1.54) is 29.8 Å². The molecule has 1 aliphatic heterocycles. The fraction of sp³-hybridized carbons (Fsp3) is 0.316. The van der Waals surface area contributed by atoms with Gasteiger partial charge in [-0.3, -0.25) is 4.99 Å². The van der Waals surface area contributed by atoms with Gasteiger partial charge in [-0.1, -0.05) is 49.7 Å². The molecule has 108 valence electrons. The summed E-state index contributed by atoms with van der Waals surface area (Å²) in [5.41, 5.74) is 4.87. The van der Waals surface area contributed by atoms with Gasteiger partial charge >= 0.3 is 0 Å². The van der Waals surface area contributed by atoms with Crippen molar-refractivity contribution >= 4 is 17.1 Å². The predicted molar refractivity (Wildman–Crippen MR) is 90.7 cm³/mol. The Morgan fingerprint density at radius 3 is 2.52 bits per heavy atom. The van der Waals surface area contributed by atoms with Crippen LogP contribution in [0.25, 0.3) is 0 Å². The lowest BCUT2D eigenvalue weighted by Gasteiger charge is -2.34. The maximum atomic E-state index is 4.98. The van der Waals surface area contributed by atoms with Gasteiger partial charge in [-0.05, 0) is 24.6 Å².